The Hall–Kier alpha value is -2.40. The van der Waals surface area contributed by atoms with E-state index in [2.05, 4.69) is 5.10 Å². The molecule has 0 fully saturated rings. The van der Waals surface area contributed by atoms with Gasteiger partial charge in [-0.1, -0.05) is 42.5 Å². The van der Waals surface area contributed by atoms with Crippen molar-refractivity contribution in [2.75, 3.05) is 4.90 Å². The minimum atomic E-state index is -5.11. The van der Waals surface area contributed by atoms with Crippen LogP contribution in [-0.4, -0.2) is 25.2 Å². The van der Waals surface area contributed by atoms with E-state index in [-0.39, 0.29) is 12.2 Å². The van der Waals surface area contributed by atoms with Gasteiger partial charge < -0.3 is 10.0 Å². The van der Waals surface area contributed by atoms with Crippen molar-refractivity contribution in [3.05, 3.63) is 72.1 Å². The normalized spacial score (nSPS) is 19.2. The smallest absolute Gasteiger partial charge is 0.368 e. The molecule has 0 radical (unpaired) electrons. The van der Waals surface area contributed by atoms with Gasteiger partial charge in [-0.3, -0.25) is 4.79 Å². The molecule has 3 aromatic rings. The summed E-state index contributed by atoms with van der Waals surface area (Å²) in [5, 5.41) is 14.4. The van der Waals surface area contributed by atoms with Crippen molar-refractivity contribution in [3.63, 3.8) is 0 Å². The Balaban J connectivity index is 1.66. The first-order valence-corrected chi connectivity index (χ1v) is 9.19. The highest BCUT2D eigenvalue weighted by molar-refractivity contribution is 14.1. The second kappa shape index (κ2) is 6.59. The van der Waals surface area contributed by atoms with Gasteiger partial charge in [0, 0.05) is 17.3 Å². The highest BCUT2D eigenvalue weighted by Crippen LogP contribution is 2.49. The summed E-state index contributed by atoms with van der Waals surface area (Å²) in [5.74, 6) is -1.39. The van der Waals surface area contributed by atoms with Crippen LogP contribution in [0.3, 0.4) is 0 Å². The fourth-order valence-corrected chi connectivity index (χ4v) is 3.72. The number of hydrogen-bond donors (Lipinski definition) is 1. The van der Waals surface area contributed by atoms with Crippen molar-refractivity contribution in [1.29, 1.82) is 0 Å². The Morgan fingerprint density at radius 1 is 1.07 bits per heavy atom. The summed E-state index contributed by atoms with van der Waals surface area (Å²) in [6.45, 7) is -0.0833. The topological polar surface area (TPSA) is 58.4 Å². The minimum Gasteiger partial charge on any atom is -0.368 e. The second-order valence-corrected chi connectivity index (χ2v) is 7.42. The molecule has 1 unspecified atom stereocenters. The predicted molar refractivity (Wildman–Crippen MR) is 105 cm³/mol. The molecule has 0 saturated heterocycles. The predicted octanol–water partition coefficient (Wildman–Crippen LogP) is 4.04. The van der Waals surface area contributed by atoms with Gasteiger partial charge in [0.1, 0.15) is 0 Å². The Labute approximate surface area is 171 Å². The molecular formula is C19H13F3IN3O2. The third kappa shape index (κ3) is 2.89. The van der Waals surface area contributed by atoms with Gasteiger partial charge in [0.25, 0.3) is 11.5 Å². The lowest BCUT2D eigenvalue weighted by atomic mass is 9.95. The first-order valence-electron chi connectivity index (χ1n) is 8.22. The van der Waals surface area contributed by atoms with E-state index in [9.17, 15) is 23.1 Å². The van der Waals surface area contributed by atoms with Crippen LogP contribution < -0.4 is 4.90 Å². The number of amides is 1. The maximum atomic E-state index is 13.5. The molecule has 0 saturated carbocycles. The number of aromatic nitrogens is 2. The summed E-state index contributed by atoms with van der Waals surface area (Å²) < 4.78 is 42.2. The van der Waals surface area contributed by atoms with Gasteiger partial charge in [-0.15, -0.1) is 0 Å². The lowest BCUT2D eigenvalue weighted by Gasteiger charge is -2.25. The summed E-state index contributed by atoms with van der Waals surface area (Å²) >= 11 is 2.02. The van der Waals surface area contributed by atoms with E-state index in [1.807, 2.05) is 41.2 Å². The van der Waals surface area contributed by atoms with Gasteiger partial charge in [0.05, 0.1) is 41.3 Å². The third-order valence-corrected chi connectivity index (χ3v) is 5.26. The molecule has 1 aliphatic rings. The molecule has 0 bridgehead atoms. The van der Waals surface area contributed by atoms with E-state index in [0.717, 1.165) is 22.1 Å². The van der Waals surface area contributed by atoms with Gasteiger partial charge in [-0.25, -0.2) is 2.90 Å². The summed E-state index contributed by atoms with van der Waals surface area (Å²) in [5.41, 5.74) is -1.48. The average molecular weight is 499 g/mol. The monoisotopic (exact) mass is 499 g/mol. The molecule has 4 rings (SSSR count). The molecule has 2 aromatic carbocycles. The van der Waals surface area contributed by atoms with Crippen LogP contribution in [0, 0.1) is 0 Å². The highest BCUT2D eigenvalue weighted by atomic mass is 127. The highest BCUT2D eigenvalue weighted by Gasteiger charge is 2.66. The number of carbonyl (C=O) groups excluding carboxylic acids is 1. The van der Waals surface area contributed by atoms with Gasteiger partial charge in [0.2, 0.25) is 0 Å². The second-order valence-electron chi connectivity index (χ2n) is 6.43. The van der Waals surface area contributed by atoms with Gasteiger partial charge in [-0.2, -0.15) is 18.3 Å². The van der Waals surface area contributed by atoms with Crippen LogP contribution in [-0.2, 0) is 16.9 Å². The van der Waals surface area contributed by atoms with Gasteiger partial charge >= 0.3 is 6.18 Å². The van der Waals surface area contributed by atoms with Crippen molar-refractivity contribution in [3.8, 4) is 11.1 Å². The average Bonchev–Trinajstić information content (AvgIpc) is 3.19. The van der Waals surface area contributed by atoms with Crippen molar-refractivity contribution < 1.29 is 23.1 Å². The molecule has 0 spiro atoms. The number of rotatable bonds is 3. The molecule has 1 aromatic heterocycles. The zero-order valence-electron chi connectivity index (χ0n) is 14.2. The SMILES string of the molecule is O=C1N(Cc2ccc(-c3cnn(I)c3)cc2)c2ccccc2C1(O)C(F)(F)F. The Bertz CT molecular complexity index is 1050. The molecule has 28 heavy (non-hydrogen) atoms. The van der Waals surface area contributed by atoms with Crippen LogP contribution >= 0.6 is 22.9 Å². The maximum absolute atomic E-state index is 13.5. The van der Waals surface area contributed by atoms with Crippen LogP contribution in [0.1, 0.15) is 11.1 Å². The summed E-state index contributed by atoms with van der Waals surface area (Å²) in [7, 11) is 0. The number of halogens is 4. The number of para-hydroxylation sites is 1. The summed E-state index contributed by atoms with van der Waals surface area (Å²) in [4.78, 5) is 13.5. The molecule has 1 amide bonds. The fraction of sp³-hybridized carbons (Fsp3) is 0.158. The number of anilines is 1. The minimum absolute atomic E-state index is 0.0580. The first kappa shape index (κ1) is 18.9. The molecule has 1 N–H and O–H groups in total. The van der Waals surface area contributed by atoms with Gasteiger partial charge in [0.15, 0.2) is 0 Å². The van der Waals surface area contributed by atoms with Crippen molar-refractivity contribution in [1.82, 2.24) is 7.99 Å². The van der Waals surface area contributed by atoms with Crippen molar-refractivity contribution >= 4 is 34.5 Å². The standard InChI is InChI=1S/C19H13F3IN3O2/c20-19(21,22)18(28)15-3-1-2-4-16(15)25(17(18)27)10-12-5-7-13(8-6-12)14-9-24-26(23)11-14/h1-9,11,28H,10H2. The number of fused-ring (bicyclic) bond motifs is 1. The third-order valence-electron chi connectivity index (χ3n) is 4.73. The largest absolute Gasteiger partial charge is 0.430 e. The van der Waals surface area contributed by atoms with Crippen molar-refractivity contribution in [2.24, 2.45) is 0 Å². The lowest BCUT2D eigenvalue weighted by Crippen LogP contribution is -2.50. The fourth-order valence-electron chi connectivity index (χ4n) is 3.30. The maximum Gasteiger partial charge on any atom is 0.430 e. The number of benzene rings is 2. The van der Waals surface area contributed by atoms with Crippen LogP contribution in [0.15, 0.2) is 60.9 Å². The summed E-state index contributed by atoms with van der Waals surface area (Å²) in [6, 6.07) is 12.5. The molecule has 1 aliphatic heterocycles. The molecule has 5 nitrogen and oxygen atoms in total. The van der Waals surface area contributed by atoms with E-state index in [1.165, 1.54) is 18.2 Å². The Kier molecular flexibility index (Phi) is 4.46. The van der Waals surface area contributed by atoms with Crippen LogP contribution in [0.5, 0.6) is 0 Å². The van der Waals surface area contributed by atoms with E-state index in [4.69, 9.17) is 0 Å². The van der Waals surface area contributed by atoms with Crippen LogP contribution in [0.2, 0.25) is 0 Å². The Morgan fingerprint density at radius 3 is 2.36 bits per heavy atom. The van der Waals surface area contributed by atoms with E-state index in [0.29, 0.717) is 5.56 Å². The quantitative estimate of drug-likeness (QED) is 0.554. The van der Waals surface area contributed by atoms with Crippen LogP contribution in [0.25, 0.3) is 11.1 Å². The van der Waals surface area contributed by atoms with Crippen LogP contribution in [0.4, 0.5) is 18.9 Å². The number of aliphatic hydroxyl groups is 1. The number of carbonyl (C=O) groups is 1. The van der Waals surface area contributed by atoms with E-state index < -0.39 is 23.2 Å². The molecule has 144 valence electrons. The molecule has 1 atom stereocenters. The lowest BCUT2D eigenvalue weighted by molar-refractivity contribution is -0.253. The number of nitrogens with zero attached hydrogens (tertiary/aromatic N) is 3. The van der Waals surface area contributed by atoms with Gasteiger partial charge in [-0.05, 0) is 17.2 Å². The molecule has 9 heteroatoms. The van der Waals surface area contributed by atoms with E-state index >= 15 is 0 Å². The van der Waals surface area contributed by atoms with E-state index in [1.54, 1.807) is 21.2 Å². The van der Waals surface area contributed by atoms with Crippen molar-refractivity contribution in [2.45, 2.75) is 18.3 Å². The zero-order valence-corrected chi connectivity index (χ0v) is 16.3. The first-order chi connectivity index (χ1) is 13.2. The molecular weight excluding hydrogens is 486 g/mol. The Morgan fingerprint density at radius 2 is 1.75 bits per heavy atom. The molecule has 2 heterocycles. The molecule has 0 aliphatic carbocycles. The number of hydrogen-bond acceptors (Lipinski definition) is 3. The zero-order chi connectivity index (χ0) is 20.1. The summed E-state index contributed by atoms with van der Waals surface area (Å²) in [6.07, 6.45) is -1.58. The number of alkyl halides is 3.